The topological polar surface area (TPSA) is 72.7 Å². The van der Waals surface area contributed by atoms with Gasteiger partial charge in [-0.15, -0.1) is 5.10 Å². The van der Waals surface area contributed by atoms with Crippen LogP contribution in [0.5, 0.6) is 0 Å². The fourth-order valence-corrected chi connectivity index (χ4v) is 3.60. The number of rotatable bonds is 6. The van der Waals surface area contributed by atoms with Gasteiger partial charge >= 0.3 is 0 Å². The van der Waals surface area contributed by atoms with Gasteiger partial charge in [0.15, 0.2) is 0 Å². The number of amides is 1. The monoisotopic (exact) mass is 331 g/mol. The number of nitrogens with zero attached hydrogens (tertiary/aromatic N) is 4. The maximum Gasteiger partial charge on any atom is 0.234 e. The Balaban J connectivity index is 1.56. The first kappa shape index (κ1) is 16.0. The molecular weight excluding hydrogens is 310 g/mol. The molecule has 1 aliphatic carbocycles. The van der Waals surface area contributed by atoms with E-state index in [4.69, 9.17) is 0 Å². The molecule has 0 radical (unpaired) electrons. The lowest BCUT2D eigenvalue weighted by molar-refractivity contribution is -0.113. The number of hydrogen-bond donors (Lipinski definition) is 1. The number of aryl methyl sites for hydroxylation is 1. The van der Waals surface area contributed by atoms with Crippen LogP contribution in [0.25, 0.3) is 0 Å². The van der Waals surface area contributed by atoms with E-state index in [9.17, 15) is 4.79 Å². The van der Waals surface area contributed by atoms with Gasteiger partial charge in [0.25, 0.3) is 0 Å². The Hall–Kier alpha value is -1.89. The zero-order chi connectivity index (χ0) is 16.1. The predicted molar refractivity (Wildman–Crippen MR) is 90.5 cm³/mol. The number of nitrogens with one attached hydrogen (secondary N) is 1. The number of hydrogen-bond acceptors (Lipinski definition) is 5. The summed E-state index contributed by atoms with van der Waals surface area (Å²) in [6.07, 6.45) is 5.64. The van der Waals surface area contributed by atoms with Crippen molar-refractivity contribution in [1.82, 2.24) is 20.2 Å². The summed E-state index contributed by atoms with van der Waals surface area (Å²) in [7, 11) is 0. The van der Waals surface area contributed by atoms with E-state index in [0.717, 1.165) is 30.1 Å². The minimum absolute atomic E-state index is 0.0378. The van der Waals surface area contributed by atoms with Crippen LogP contribution >= 0.6 is 11.8 Å². The fourth-order valence-electron chi connectivity index (χ4n) is 2.85. The minimum Gasteiger partial charge on any atom is -0.325 e. The lowest BCUT2D eigenvalue weighted by Crippen LogP contribution is -2.15. The summed E-state index contributed by atoms with van der Waals surface area (Å²) in [5.74, 6) is 0.271. The van der Waals surface area contributed by atoms with E-state index in [1.807, 2.05) is 22.9 Å². The second-order valence-electron chi connectivity index (χ2n) is 5.74. The van der Waals surface area contributed by atoms with Crippen LogP contribution in [0.3, 0.4) is 0 Å². The molecule has 0 aliphatic heterocycles. The van der Waals surface area contributed by atoms with Crippen LogP contribution in [0.15, 0.2) is 29.4 Å². The van der Waals surface area contributed by atoms with E-state index in [-0.39, 0.29) is 5.91 Å². The second-order valence-corrected chi connectivity index (χ2v) is 6.68. The van der Waals surface area contributed by atoms with Crippen molar-refractivity contribution in [1.29, 1.82) is 0 Å². The molecule has 2 aromatic rings. The van der Waals surface area contributed by atoms with Crippen molar-refractivity contribution in [3.8, 4) is 0 Å². The number of thioether (sulfide) groups is 1. The average Bonchev–Trinajstić information content (AvgIpc) is 3.24. The van der Waals surface area contributed by atoms with Crippen LogP contribution in [0.1, 0.15) is 44.2 Å². The third-order valence-electron chi connectivity index (χ3n) is 4.08. The van der Waals surface area contributed by atoms with Crippen molar-refractivity contribution in [3.05, 3.63) is 29.8 Å². The van der Waals surface area contributed by atoms with Crippen molar-refractivity contribution in [2.45, 2.75) is 50.2 Å². The average molecular weight is 331 g/mol. The maximum atomic E-state index is 12.1. The van der Waals surface area contributed by atoms with E-state index >= 15 is 0 Å². The van der Waals surface area contributed by atoms with E-state index in [0.29, 0.717) is 11.8 Å². The highest BCUT2D eigenvalue weighted by Gasteiger charge is 2.22. The normalized spacial score (nSPS) is 15.0. The molecule has 23 heavy (non-hydrogen) atoms. The first-order valence-electron chi connectivity index (χ1n) is 8.05. The molecule has 6 nitrogen and oxygen atoms in total. The van der Waals surface area contributed by atoms with E-state index in [1.165, 1.54) is 30.2 Å². The Bertz CT molecular complexity index is 666. The molecule has 0 unspecified atom stereocenters. The summed E-state index contributed by atoms with van der Waals surface area (Å²) in [5.41, 5.74) is 2.05. The summed E-state index contributed by atoms with van der Waals surface area (Å²) in [5, 5.41) is 15.6. The molecule has 1 amide bonds. The molecule has 1 aliphatic rings. The molecule has 7 heteroatoms. The van der Waals surface area contributed by atoms with Gasteiger partial charge in [0.2, 0.25) is 11.1 Å². The first-order chi connectivity index (χ1) is 11.3. The second kappa shape index (κ2) is 7.59. The highest BCUT2D eigenvalue weighted by molar-refractivity contribution is 7.99. The Kier molecular flexibility index (Phi) is 5.27. The summed E-state index contributed by atoms with van der Waals surface area (Å²) in [6, 6.07) is 8.31. The number of benzene rings is 1. The molecular formula is C16H21N5OS. The van der Waals surface area contributed by atoms with Crippen LogP contribution in [0.2, 0.25) is 0 Å². The van der Waals surface area contributed by atoms with Crippen molar-refractivity contribution >= 4 is 23.4 Å². The van der Waals surface area contributed by atoms with Crippen molar-refractivity contribution in [3.63, 3.8) is 0 Å². The van der Waals surface area contributed by atoms with Crippen molar-refractivity contribution in [2.24, 2.45) is 0 Å². The number of carbonyl (C=O) groups excluding carboxylic acids is 1. The lowest BCUT2D eigenvalue weighted by Gasteiger charge is -2.11. The molecule has 0 spiro atoms. The van der Waals surface area contributed by atoms with E-state index in [1.54, 1.807) is 0 Å². The third kappa shape index (κ3) is 4.10. The molecule has 1 heterocycles. The van der Waals surface area contributed by atoms with Gasteiger partial charge in [-0.25, -0.2) is 4.68 Å². The number of aromatic nitrogens is 4. The molecule has 1 saturated carbocycles. The van der Waals surface area contributed by atoms with Crippen LogP contribution < -0.4 is 5.32 Å². The van der Waals surface area contributed by atoms with Gasteiger partial charge in [-0.05, 0) is 47.4 Å². The Morgan fingerprint density at radius 3 is 3.00 bits per heavy atom. The quantitative estimate of drug-likeness (QED) is 0.824. The maximum absolute atomic E-state index is 12.1. The molecule has 0 atom stereocenters. The van der Waals surface area contributed by atoms with Gasteiger partial charge in [0.05, 0.1) is 11.8 Å². The largest absolute Gasteiger partial charge is 0.325 e. The van der Waals surface area contributed by atoms with Crippen molar-refractivity contribution in [2.75, 3.05) is 11.1 Å². The van der Waals surface area contributed by atoms with E-state index in [2.05, 4.69) is 33.8 Å². The van der Waals surface area contributed by atoms with Gasteiger partial charge in [0.1, 0.15) is 0 Å². The molecule has 0 saturated heterocycles. The Morgan fingerprint density at radius 2 is 2.22 bits per heavy atom. The smallest absolute Gasteiger partial charge is 0.234 e. The van der Waals surface area contributed by atoms with Crippen LogP contribution in [0.4, 0.5) is 5.69 Å². The summed E-state index contributed by atoms with van der Waals surface area (Å²) < 4.78 is 1.88. The van der Waals surface area contributed by atoms with Gasteiger partial charge in [-0.3, -0.25) is 4.79 Å². The molecule has 1 aromatic carbocycles. The highest BCUT2D eigenvalue weighted by atomic mass is 32.2. The molecule has 1 N–H and O–H groups in total. The zero-order valence-electron chi connectivity index (χ0n) is 13.2. The standard InChI is InChI=1S/C16H21N5OS/c1-2-12-6-5-7-13(10-12)17-15(22)11-23-16-18-19-20-21(16)14-8-3-4-9-14/h5-7,10,14H,2-4,8-9,11H2,1H3,(H,17,22). The zero-order valence-corrected chi connectivity index (χ0v) is 14.1. The highest BCUT2D eigenvalue weighted by Crippen LogP contribution is 2.31. The number of carbonyl (C=O) groups is 1. The van der Waals surface area contributed by atoms with Crippen molar-refractivity contribution < 1.29 is 4.79 Å². The molecule has 1 fully saturated rings. The number of tetrazole rings is 1. The van der Waals surface area contributed by atoms with Crippen LogP contribution in [-0.4, -0.2) is 31.9 Å². The number of anilines is 1. The SMILES string of the molecule is CCc1cccc(NC(=O)CSc2nnnn2C2CCCC2)c1. The van der Waals surface area contributed by atoms with Gasteiger partial charge in [-0.2, -0.15) is 0 Å². The summed E-state index contributed by atoms with van der Waals surface area (Å²) in [4.78, 5) is 12.1. The summed E-state index contributed by atoms with van der Waals surface area (Å²) >= 11 is 1.39. The van der Waals surface area contributed by atoms with Crippen LogP contribution in [0, 0.1) is 0 Å². The van der Waals surface area contributed by atoms with Gasteiger partial charge < -0.3 is 5.32 Å². The molecule has 3 rings (SSSR count). The fraction of sp³-hybridized carbons (Fsp3) is 0.500. The Morgan fingerprint density at radius 1 is 1.39 bits per heavy atom. The minimum atomic E-state index is -0.0378. The lowest BCUT2D eigenvalue weighted by atomic mass is 10.1. The molecule has 1 aromatic heterocycles. The van der Waals surface area contributed by atoms with Gasteiger partial charge in [0, 0.05) is 5.69 Å². The molecule has 0 bridgehead atoms. The van der Waals surface area contributed by atoms with E-state index < -0.39 is 0 Å². The third-order valence-corrected chi connectivity index (χ3v) is 5.02. The van der Waals surface area contributed by atoms with Gasteiger partial charge in [-0.1, -0.05) is 43.7 Å². The first-order valence-corrected chi connectivity index (χ1v) is 9.04. The predicted octanol–water partition coefficient (Wildman–Crippen LogP) is 3.08. The molecule has 122 valence electrons. The van der Waals surface area contributed by atoms with Crippen LogP contribution in [-0.2, 0) is 11.2 Å². The summed E-state index contributed by atoms with van der Waals surface area (Å²) in [6.45, 7) is 2.10. The Labute approximate surface area is 140 Å².